The number of rotatable bonds is 8. The summed E-state index contributed by atoms with van der Waals surface area (Å²) in [6.07, 6.45) is 0. The predicted octanol–water partition coefficient (Wildman–Crippen LogP) is 2.74. The smallest absolute Gasteiger partial charge is 0.156 e. The average Bonchev–Trinajstić information content (AvgIpc) is 2.23. The summed E-state index contributed by atoms with van der Waals surface area (Å²) in [6, 6.07) is 1.22. The van der Waals surface area contributed by atoms with Crippen molar-refractivity contribution in [2.45, 2.75) is 72.5 Å². The second-order valence-corrected chi connectivity index (χ2v) is 10.5. The summed E-state index contributed by atoms with van der Waals surface area (Å²) in [5.41, 5.74) is 0. The Bertz CT molecular complexity index is 217. The van der Waals surface area contributed by atoms with E-state index in [4.69, 9.17) is 0 Å². The summed E-state index contributed by atoms with van der Waals surface area (Å²) < 4.78 is 2.74. The molecule has 0 amide bonds. The standard InChI is InChI=1S/C14H35N3Si/c1-10-16(11-2)14(15-7)18(8,9)17(12(3)4)13(5)6/h12-15H,10-11H2,1-9H3. The average molecular weight is 274 g/mol. The highest BCUT2D eigenvalue weighted by molar-refractivity contribution is 6.76. The van der Waals surface area contributed by atoms with Gasteiger partial charge in [-0.05, 0) is 32.2 Å². The molecule has 1 unspecified atom stereocenters. The second-order valence-electron chi connectivity index (χ2n) is 6.16. The van der Waals surface area contributed by atoms with Gasteiger partial charge in [-0.2, -0.15) is 0 Å². The highest BCUT2D eigenvalue weighted by Gasteiger charge is 2.42. The van der Waals surface area contributed by atoms with Gasteiger partial charge >= 0.3 is 0 Å². The maximum absolute atomic E-state index is 3.58. The summed E-state index contributed by atoms with van der Waals surface area (Å²) in [7, 11) is 0.562. The molecule has 1 N–H and O–H groups in total. The van der Waals surface area contributed by atoms with Gasteiger partial charge in [0, 0.05) is 0 Å². The topological polar surface area (TPSA) is 18.5 Å². The molecule has 0 aliphatic heterocycles. The van der Waals surface area contributed by atoms with Crippen molar-refractivity contribution in [3.8, 4) is 0 Å². The molecule has 0 aliphatic rings. The predicted molar refractivity (Wildman–Crippen MR) is 85.4 cm³/mol. The van der Waals surface area contributed by atoms with Crippen LogP contribution in [0.5, 0.6) is 0 Å². The van der Waals surface area contributed by atoms with Crippen molar-refractivity contribution in [2.24, 2.45) is 0 Å². The van der Waals surface area contributed by atoms with Gasteiger partial charge in [-0.3, -0.25) is 4.90 Å². The van der Waals surface area contributed by atoms with Crippen LogP contribution in [0.25, 0.3) is 0 Å². The van der Waals surface area contributed by atoms with Crippen molar-refractivity contribution in [3.05, 3.63) is 0 Å². The molecule has 0 spiro atoms. The van der Waals surface area contributed by atoms with E-state index in [1.807, 2.05) is 0 Å². The first-order valence-electron chi connectivity index (χ1n) is 7.43. The van der Waals surface area contributed by atoms with Gasteiger partial charge in [-0.15, -0.1) is 0 Å². The lowest BCUT2D eigenvalue weighted by Gasteiger charge is -2.50. The molecule has 1 atom stereocenters. The Kier molecular flexibility index (Phi) is 7.67. The van der Waals surface area contributed by atoms with Gasteiger partial charge in [0.2, 0.25) is 0 Å². The maximum Gasteiger partial charge on any atom is 0.156 e. The van der Waals surface area contributed by atoms with Crippen molar-refractivity contribution < 1.29 is 0 Å². The fourth-order valence-corrected chi connectivity index (χ4v) is 8.55. The lowest BCUT2D eigenvalue weighted by Crippen LogP contribution is -2.70. The minimum absolute atomic E-state index is 0.511. The SMILES string of the molecule is CCN(CC)C(NC)[Si](C)(C)N(C(C)C)C(C)C. The largest absolute Gasteiger partial charge is 0.317 e. The van der Waals surface area contributed by atoms with Gasteiger partial charge in [0.25, 0.3) is 0 Å². The van der Waals surface area contributed by atoms with Gasteiger partial charge in [0.05, 0.1) is 5.79 Å². The second kappa shape index (κ2) is 7.63. The minimum Gasteiger partial charge on any atom is -0.317 e. The van der Waals surface area contributed by atoms with E-state index in [2.05, 4.69) is 76.5 Å². The quantitative estimate of drug-likeness (QED) is 0.542. The van der Waals surface area contributed by atoms with Gasteiger partial charge in [0.15, 0.2) is 8.24 Å². The molecular formula is C14H35N3Si. The van der Waals surface area contributed by atoms with Crippen LogP contribution < -0.4 is 5.32 Å². The third kappa shape index (κ3) is 4.05. The van der Waals surface area contributed by atoms with E-state index in [1.54, 1.807) is 0 Å². The minimum atomic E-state index is -1.55. The number of hydrogen-bond acceptors (Lipinski definition) is 3. The van der Waals surface area contributed by atoms with E-state index in [-0.39, 0.29) is 0 Å². The Morgan fingerprint density at radius 2 is 1.33 bits per heavy atom. The molecule has 0 aromatic rings. The van der Waals surface area contributed by atoms with Gasteiger partial charge in [0.1, 0.15) is 0 Å². The van der Waals surface area contributed by atoms with E-state index >= 15 is 0 Å². The summed E-state index contributed by atoms with van der Waals surface area (Å²) in [6.45, 7) is 21.0. The maximum atomic E-state index is 3.58. The molecule has 4 heteroatoms. The lowest BCUT2D eigenvalue weighted by atomic mass is 10.3. The third-order valence-corrected chi connectivity index (χ3v) is 8.25. The summed E-state index contributed by atoms with van der Waals surface area (Å²) in [4.78, 5) is 2.56. The molecule has 0 fully saturated rings. The number of nitrogens with zero attached hydrogens (tertiary/aromatic N) is 2. The van der Waals surface area contributed by atoms with Crippen LogP contribution in [-0.4, -0.2) is 55.7 Å². The number of nitrogens with one attached hydrogen (secondary N) is 1. The highest BCUT2D eigenvalue weighted by Crippen LogP contribution is 2.23. The van der Waals surface area contributed by atoms with Crippen LogP contribution in [0.3, 0.4) is 0 Å². The molecule has 0 aromatic heterocycles. The Hall–Kier alpha value is 0.0969. The molecule has 3 nitrogen and oxygen atoms in total. The van der Waals surface area contributed by atoms with E-state index < -0.39 is 8.24 Å². The van der Waals surface area contributed by atoms with Crippen molar-refractivity contribution in [1.29, 1.82) is 0 Å². The van der Waals surface area contributed by atoms with Crippen molar-refractivity contribution in [2.75, 3.05) is 20.1 Å². The first-order chi connectivity index (χ1) is 8.23. The van der Waals surface area contributed by atoms with Crippen LogP contribution in [0.1, 0.15) is 41.5 Å². The van der Waals surface area contributed by atoms with Crippen LogP contribution in [0.2, 0.25) is 13.1 Å². The van der Waals surface area contributed by atoms with Crippen LogP contribution in [-0.2, 0) is 0 Å². The van der Waals surface area contributed by atoms with Crippen LogP contribution in [0.15, 0.2) is 0 Å². The number of hydrogen-bond donors (Lipinski definition) is 1. The molecule has 0 saturated carbocycles. The first kappa shape index (κ1) is 18.1. The summed E-state index contributed by atoms with van der Waals surface area (Å²) >= 11 is 0. The van der Waals surface area contributed by atoms with Crippen LogP contribution in [0.4, 0.5) is 0 Å². The fourth-order valence-electron chi connectivity index (χ4n) is 3.64. The monoisotopic (exact) mass is 273 g/mol. The van der Waals surface area contributed by atoms with Gasteiger partial charge < -0.3 is 9.88 Å². The Labute approximate surface area is 116 Å². The summed E-state index contributed by atoms with van der Waals surface area (Å²) in [5, 5.41) is 3.58. The van der Waals surface area contributed by atoms with Crippen LogP contribution in [0, 0.1) is 0 Å². The molecule has 0 aromatic carbocycles. The first-order valence-corrected chi connectivity index (χ1v) is 10.5. The molecule has 0 aliphatic carbocycles. The van der Waals surface area contributed by atoms with Crippen molar-refractivity contribution >= 4 is 8.24 Å². The van der Waals surface area contributed by atoms with E-state index in [0.717, 1.165) is 13.1 Å². The zero-order chi connectivity index (χ0) is 14.5. The zero-order valence-electron chi connectivity index (χ0n) is 14.0. The van der Waals surface area contributed by atoms with Crippen molar-refractivity contribution in [3.63, 3.8) is 0 Å². The third-order valence-electron chi connectivity index (χ3n) is 3.90. The Morgan fingerprint density at radius 3 is 1.56 bits per heavy atom. The highest BCUT2D eigenvalue weighted by atomic mass is 28.3. The molecular weight excluding hydrogens is 238 g/mol. The van der Waals surface area contributed by atoms with Crippen LogP contribution >= 0.6 is 0 Å². The van der Waals surface area contributed by atoms with E-state index in [1.165, 1.54) is 0 Å². The Balaban J connectivity index is 5.26. The van der Waals surface area contributed by atoms with Gasteiger partial charge in [-0.25, -0.2) is 0 Å². The molecule has 0 bridgehead atoms. The molecule has 0 rings (SSSR count). The molecule has 0 heterocycles. The van der Waals surface area contributed by atoms with E-state index in [0.29, 0.717) is 17.9 Å². The molecule has 18 heavy (non-hydrogen) atoms. The molecule has 0 saturated heterocycles. The van der Waals surface area contributed by atoms with Gasteiger partial charge in [-0.1, -0.05) is 54.6 Å². The van der Waals surface area contributed by atoms with Crippen molar-refractivity contribution in [1.82, 2.24) is 14.8 Å². The summed E-state index contributed by atoms with van der Waals surface area (Å²) in [5.74, 6) is 0.511. The molecule has 110 valence electrons. The zero-order valence-corrected chi connectivity index (χ0v) is 15.0. The molecule has 0 radical (unpaired) electrons. The Morgan fingerprint density at radius 1 is 0.944 bits per heavy atom. The normalized spacial score (nSPS) is 15.2. The van der Waals surface area contributed by atoms with E-state index in [9.17, 15) is 0 Å². The fraction of sp³-hybridized carbons (Fsp3) is 1.00. The lowest BCUT2D eigenvalue weighted by molar-refractivity contribution is 0.209.